The quantitative estimate of drug-likeness (QED) is 0.687. The monoisotopic (exact) mass is 381 g/mol. The van der Waals surface area contributed by atoms with Crippen molar-refractivity contribution < 1.29 is 9.53 Å². The van der Waals surface area contributed by atoms with E-state index in [0.29, 0.717) is 22.8 Å². The summed E-state index contributed by atoms with van der Waals surface area (Å²) in [5.41, 5.74) is 3.31. The second-order valence-electron chi connectivity index (χ2n) is 6.85. The van der Waals surface area contributed by atoms with Gasteiger partial charge in [0.15, 0.2) is 11.6 Å². The largest absolute Gasteiger partial charge is 0.497 e. The maximum atomic E-state index is 12.8. The van der Waals surface area contributed by atoms with E-state index in [4.69, 9.17) is 21.4 Å². The van der Waals surface area contributed by atoms with Crippen molar-refractivity contribution in [2.24, 2.45) is 5.92 Å². The SMILES string of the molecule is COc1ccc(-n2nc(Nc3cccc(Cl)c3)c3c2CC(C)CC3=O)cc1. The number of carbonyl (C=O) groups is 1. The molecule has 1 N–H and O–H groups in total. The zero-order chi connectivity index (χ0) is 19.0. The van der Waals surface area contributed by atoms with Crippen LogP contribution in [0.25, 0.3) is 5.69 Å². The summed E-state index contributed by atoms with van der Waals surface area (Å²) in [7, 11) is 1.64. The molecule has 3 aromatic rings. The molecule has 4 rings (SSSR count). The first kappa shape index (κ1) is 17.6. The second kappa shape index (κ2) is 7.08. The topological polar surface area (TPSA) is 56.1 Å². The molecule has 0 aliphatic heterocycles. The molecule has 1 aromatic heterocycles. The molecule has 6 heteroatoms. The first-order valence-corrected chi connectivity index (χ1v) is 9.25. The highest BCUT2D eigenvalue weighted by Crippen LogP contribution is 2.34. The van der Waals surface area contributed by atoms with Gasteiger partial charge >= 0.3 is 0 Å². The van der Waals surface area contributed by atoms with Crippen molar-refractivity contribution in [1.29, 1.82) is 0 Å². The molecule has 0 radical (unpaired) electrons. The number of hydrogen-bond donors (Lipinski definition) is 1. The van der Waals surface area contributed by atoms with Crippen LogP contribution in [0.2, 0.25) is 5.02 Å². The second-order valence-corrected chi connectivity index (χ2v) is 7.29. The number of ketones is 1. The number of halogens is 1. The number of ether oxygens (including phenoxy) is 1. The minimum absolute atomic E-state index is 0.119. The summed E-state index contributed by atoms with van der Waals surface area (Å²) in [5.74, 6) is 1.76. The Morgan fingerprint density at radius 1 is 1.19 bits per heavy atom. The molecule has 1 unspecified atom stereocenters. The first-order chi connectivity index (χ1) is 13.0. The normalized spacial score (nSPS) is 16.1. The molecule has 0 bridgehead atoms. The van der Waals surface area contributed by atoms with E-state index >= 15 is 0 Å². The van der Waals surface area contributed by atoms with Crippen molar-refractivity contribution >= 4 is 28.9 Å². The lowest BCUT2D eigenvalue weighted by molar-refractivity contribution is 0.0953. The van der Waals surface area contributed by atoms with Gasteiger partial charge < -0.3 is 10.1 Å². The van der Waals surface area contributed by atoms with Gasteiger partial charge in [-0.25, -0.2) is 4.68 Å². The molecule has 0 amide bonds. The van der Waals surface area contributed by atoms with Gasteiger partial charge in [0.2, 0.25) is 0 Å². The van der Waals surface area contributed by atoms with Crippen LogP contribution in [0, 0.1) is 5.92 Å². The number of carbonyl (C=O) groups excluding carboxylic acids is 1. The number of nitrogens with one attached hydrogen (secondary N) is 1. The van der Waals surface area contributed by atoms with Gasteiger partial charge in [-0.15, -0.1) is 5.10 Å². The summed E-state index contributed by atoms with van der Waals surface area (Å²) in [5, 5.41) is 8.63. The van der Waals surface area contributed by atoms with Crippen LogP contribution in [0.5, 0.6) is 5.75 Å². The Balaban J connectivity index is 1.81. The average Bonchev–Trinajstić information content (AvgIpc) is 3.00. The highest BCUT2D eigenvalue weighted by Gasteiger charge is 2.31. The van der Waals surface area contributed by atoms with Crippen LogP contribution in [-0.2, 0) is 6.42 Å². The predicted octanol–water partition coefficient (Wildman–Crippen LogP) is 5.04. The standard InChI is InChI=1S/C21H20ClN3O2/c1-13-10-18-20(19(26)11-13)21(23-15-5-3-4-14(22)12-15)24-25(18)16-6-8-17(27-2)9-7-16/h3-9,12-13H,10-11H2,1-2H3,(H,23,24). The van der Waals surface area contributed by atoms with Crippen LogP contribution in [0.4, 0.5) is 11.5 Å². The van der Waals surface area contributed by atoms with Gasteiger partial charge in [0, 0.05) is 17.1 Å². The van der Waals surface area contributed by atoms with Crippen LogP contribution in [-0.4, -0.2) is 22.7 Å². The van der Waals surface area contributed by atoms with Gasteiger partial charge in [-0.1, -0.05) is 24.6 Å². The molecular formula is C21H20ClN3O2. The zero-order valence-electron chi connectivity index (χ0n) is 15.2. The van der Waals surface area contributed by atoms with E-state index < -0.39 is 0 Å². The molecule has 27 heavy (non-hydrogen) atoms. The van der Waals surface area contributed by atoms with Gasteiger partial charge in [0.1, 0.15) is 5.75 Å². The van der Waals surface area contributed by atoms with E-state index in [1.807, 2.05) is 53.2 Å². The van der Waals surface area contributed by atoms with Crippen molar-refractivity contribution in [3.63, 3.8) is 0 Å². The van der Waals surface area contributed by atoms with Crippen molar-refractivity contribution in [3.05, 3.63) is 64.8 Å². The summed E-state index contributed by atoms with van der Waals surface area (Å²) in [4.78, 5) is 12.8. The zero-order valence-corrected chi connectivity index (χ0v) is 16.0. The number of anilines is 2. The molecule has 0 saturated carbocycles. The molecule has 138 valence electrons. The van der Waals surface area contributed by atoms with E-state index in [1.165, 1.54) is 0 Å². The van der Waals surface area contributed by atoms with Crippen molar-refractivity contribution in [2.45, 2.75) is 19.8 Å². The fourth-order valence-corrected chi connectivity index (χ4v) is 3.67. The van der Waals surface area contributed by atoms with Gasteiger partial charge in [0.05, 0.1) is 24.1 Å². The Hall–Kier alpha value is -2.79. The fraction of sp³-hybridized carbons (Fsp3) is 0.238. The van der Waals surface area contributed by atoms with Crippen LogP contribution < -0.4 is 10.1 Å². The fourth-order valence-electron chi connectivity index (χ4n) is 3.48. The third-order valence-corrected chi connectivity index (χ3v) is 4.98. The Labute approximate surface area is 162 Å². The molecule has 1 aliphatic carbocycles. The Bertz CT molecular complexity index is 995. The lowest BCUT2D eigenvalue weighted by Crippen LogP contribution is -2.19. The molecule has 0 saturated heterocycles. The number of nitrogens with zero attached hydrogens (tertiary/aromatic N) is 2. The molecule has 0 spiro atoms. The summed E-state index contributed by atoms with van der Waals surface area (Å²) < 4.78 is 7.09. The molecule has 5 nitrogen and oxygen atoms in total. The van der Waals surface area contributed by atoms with E-state index in [-0.39, 0.29) is 11.7 Å². The third kappa shape index (κ3) is 3.43. The smallest absolute Gasteiger partial charge is 0.168 e. The Morgan fingerprint density at radius 3 is 2.67 bits per heavy atom. The summed E-state index contributed by atoms with van der Waals surface area (Å²) >= 11 is 6.09. The van der Waals surface area contributed by atoms with Gasteiger partial charge in [-0.05, 0) is 54.8 Å². The lowest BCUT2D eigenvalue weighted by Gasteiger charge is -2.19. The number of rotatable bonds is 4. The summed E-state index contributed by atoms with van der Waals surface area (Å²) in [6, 6.07) is 15.1. The van der Waals surface area contributed by atoms with E-state index in [2.05, 4.69) is 12.2 Å². The number of benzene rings is 2. The minimum Gasteiger partial charge on any atom is -0.497 e. The highest BCUT2D eigenvalue weighted by atomic mass is 35.5. The number of methoxy groups -OCH3 is 1. The summed E-state index contributed by atoms with van der Waals surface area (Å²) in [6.07, 6.45) is 1.34. The van der Waals surface area contributed by atoms with Crippen LogP contribution in [0.1, 0.15) is 29.4 Å². The van der Waals surface area contributed by atoms with Gasteiger partial charge in [-0.2, -0.15) is 0 Å². The summed E-state index contributed by atoms with van der Waals surface area (Å²) in [6.45, 7) is 2.09. The Kier molecular flexibility index (Phi) is 4.62. The lowest BCUT2D eigenvalue weighted by atomic mass is 9.87. The molecule has 1 aliphatic rings. The van der Waals surface area contributed by atoms with Gasteiger partial charge in [0.25, 0.3) is 0 Å². The molecule has 1 atom stereocenters. The molecular weight excluding hydrogens is 362 g/mol. The molecule has 1 heterocycles. The van der Waals surface area contributed by atoms with Gasteiger partial charge in [-0.3, -0.25) is 4.79 Å². The minimum atomic E-state index is 0.119. The predicted molar refractivity (Wildman–Crippen MR) is 107 cm³/mol. The average molecular weight is 382 g/mol. The van der Waals surface area contributed by atoms with Crippen molar-refractivity contribution in [3.8, 4) is 11.4 Å². The number of Topliss-reactive ketones (excluding diaryl/α,β-unsaturated/α-hetero) is 1. The molecule has 0 fully saturated rings. The maximum Gasteiger partial charge on any atom is 0.168 e. The van der Waals surface area contributed by atoms with E-state index in [9.17, 15) is 4.79 Å². The third-order valence-electron chi connectivity index (χ3n) is 4.74. The number of fused-ring (bicyclic) bond motifs is 1. The van der Waals surface area contributed by atoms with Crippen LogP contribution in [0.15, 0.2) is 48.5 Å². The van der Waals surface area contributed by atoms with Crippen molar-refractivity contribution in [2.75, 3.05) is 12.4 Å². The number of aromatic nitrogens is 2. The molecule has 2 aromatic carbocycles. The van der Waals surface area contributed by atoms with E-state index in [1.54, 1.807) is 7.11 Å². The van der Waals surface area contributed by atoms with Crippen molar-refractivity contribution in [1.82, 2.24) is 9.78 Å². The van der Waals surface area contributed by atoms with Crippen LogP contribution >= 0.6 is 11.6 Å². The highest BCUT2D eigenvalue weighted by molar-refractivity contribution is 6.30. The Morgan fingerprint density at radius 2 is 1.96 bits per heavy atom. The van der Waals surface area contributed by atoms with E-state index in [0.717, 1.165) is 29.2 Å². The number of hydrogen-bond acceptors (Lipinski definition) is 4. The maximum absolute atomic E-state index is 12.8. The first-order valence-electron chi connectivity index (χ1n) is 8.87. The van der Waals surface area contributed by atoms with Crippen LogP contribution in [0.3, 0.4) is 0 Å².